The molecule has 0 aliphatic heterocycles. The molecular formula is C27H30ClN3O4S. The number of hydrogen-bond donors (Lipinski definition) is 1. The summed E-state index contributed by atoms with van der Waals surface area (Å²) in [6.07, 6.45) is 0. The molecule has 3 aromatic rings. The van der Waals surface area contributed by atoms with Gasteiger partial charge in [-0.1, -0.05) is 65.7 Å². The van der Waals surface area contributed by atoms with Crippen molar-refractivity contribution in [3.8, 4) is 0 Å². The van der Waals surface area contributed by atoms with Gasteiger partial charge in [-0.2, -0.15) is 0 Å². The lowest BCUT2D eigenvalue weighted by Gasteiger charge is -2.32. The summed E-state index contributed by atoms with van der Waals surface area (Å²) >= 11 is 6.32. The summed E-state index contributed by atoms with van der Waals surface area (Å²) in [5, 5.41) is 2.95. The van der Waals surface area contributed by atoms with Gasteiger partial charge in [0.15, 0.2) is 0 Å². The van der Waals surface area contributed by atoms with Crippen LogP contribution in [0.3, 0.4) is 0 Å². The van der Waals surface area contributed by atoms with Crippen molar-refractivity contribution in [2.75, 3.05) is 17.9 Å². The zero-order valence-corrected chi connectivity index (χ0v) is 22.3. The number of nitrogens with zero attached hydrogens (tertiary/aromatic N) is 2. The lowest BCUT2D eigenvalue weighted by molar-refractivity contribution is -0.139. The van der Waals surface area contributed by atoms with Crippen molar-refractivity contribution >= 4 is 39.1 Å². The molecule has 0 heterocycles. The third-order valence-electron chi connectivity index (χ3n) is 5.90. The number of carbonyl (C=O) groups is 2. The summed E-state index contributed by atoms with van der Waals surface area (Å²) in [5.74, 6) is -0.879. The predicted molar refractivity (Wildman–Crippen MR) is 142 cm³/mol. The number of hydrogen-bond acceptors (Lipinski definition) is 4. The molecule has 0 saturated carbocycles. The minimum Gasteiger partial charge on any atom is -0.357 e. The number of anilines is 1. The molecule has 3 rings (SSSR count). The second kappa shape index (κ2) is 11.6. The number of aryl methyl sites for hydroxylation is 2. The first kappa shape index (κ1) is 27.2. The van der Waals surface area contributed by atoms with Gasteiger partial charge in [0.2, 0.25) is 11.8 Å². The zero-order valence-electron chi connectivity index (χ0n) is 20.7. The lowest BCUT2D eigenvalue weighted by Crippen LogP contribution is -2.50. The third-order valence-corrected chi connectivity index (χ3v) is 8.10. The maximum atomic E-state index is 13.7. The number of benzene rings is 3. The van der Waals surface area contributed by atoms with Gasteiger partial charge in [0.1, 0.15) is 12.6 Å². The van der Waals surface area contributed by atoms with E-state index in [1.807, 2.05) is 38.1 Å². The normalized spacial score (nSPS) is 12.0. The molecule has 0 radical (unpaired) electrons. The van der Waals surface area contributed by atoms with Crippen LogP contribution in [0.5, 0.6) is 0 Å². The smallest absolute Gasteiger partial charge is 0.264 e. The van der Waals surface area contributed by atoms with Gasteiger partial charge in [0.25, 0.3) is 10.0 Å². The number of halogens is 1. The third kappa shape index (κ3) is 6.25. The van der Waals surface area contributed by atoms with Crippen molar-refractivity contribution in [1.29, 1.82) is 0 Å². The Morgan fingerprint density at radius 3 is 2.28 bits per heavy atom. The molecule has 7 nitrogen and oxygen atoms in total. The predicted octanol–water partition coefficient (Wildman–Crippen LogP) is 4.32. The summed E-state index contributed by atoms with van der Waals surface area (Å²) in [6, 6.07) is 19.5. The maximum absolute atomic E-state index is 13.7. The van der Waals surface area contributed by atoms with E-state index in [1.165, 1.54) is 30.1 Å². The van der Waals surface area contributed by atoms with E-state index >= 15 is 0 Å². The first-order valence-corrected chi connectivity index (χ1v) is 13.3. The van der Waals surface area contributed by atoms with E-state index in [0.717, 1.165) is 21.0 Å². The fourth-order valence-corrected chi connectivity index (χ4v) is 5.39. The highest BCUT2D eigenvalue weighted by Crippen LogP contribution is 2.28. The van der Waals surface area contributed by atoms with Crippen LogP contribution < -0.4 is 9.62 Å². The second-order valence-corrected chi connectivity index (χ2v) is 10.8. The summed E-state index contributed by atoms with van der Waals surface area (Å²) < 4.78 is 28.4. The van der Waals surface area contributed by atoms with Crippen LogP contribution in [0.2, 0.25) is 5.02 Å². The fraction of sp³-hybridized carbons (Fsp3) is 0.259. The Balaban J connectivity index is 2.05. The number of likely N-dealkylation sites (N-methyl/N-ethyl adjacent to an activating group) is 1. The van der Waals surface area contributed by atoms with Gasteiger partial charge in [-0.3, -0.25) is 13.9 Å². The number of carbonyl (C=O) groups excluding carboxylic acids is 2. The molecule has 1 atom stereocenters. The van der Waals surface area contributed by atoms with Crippen LogP contribution in [-0.4, -0.2) is 44.8 Å². The highest BCUT2D eigenvalue weighted by atomic mass is 35.5. The topological polar surface area (TPSA) is 86.8 Å². The SMILES string of the molecule is CNC(=O)[C@H](C)N(Cc1cccc(C)c1)C(=O)CN(c1ccc(C)c(Cl)c1)S(=O)(=O)c1ccccc1. The molecule has 0 saturated heterocycles. The molecule has 190 valence electrons. The van der Waals surface area contributed by atoms with Crippen LogP contribution in [0.15, 0.2) is 77.7 Å². The van der Waals surface area contributed by atoms with E-state index in [0.29, 0.717) is 5.02 Å². The van der Waals surface area contributed by atoms with E-state index in [1.54, 1.807) is 37.3 Å². The average molecular weight is 528 g/mol. The Morgan fingerprint density at radius 2 is 1.67 bits per heavy atom. The molecule has 2 amide bonds. The van der Waals surface area contributed by atoms with Crippen molar-refractivity contribution < 1.29 is 18.0 Å². The van der Waals surface area contributed by atoms with Crippen molar-refractivity contribution in [2.45, 2.75) is 38.3 Å². The monoisotopic (exact) mass is 527 g/mol. The van der Waals surface area contributed by atoms with E-state index < -0.39 is 28.5 Å². The second-order valence-electron chi connectivity index (χ2n) is 8.56. The van der Waals surface area contributed by atoms with Gasteiger partial charge in [-0.15, -0.1) is 0 Å². The molecule has 0 fully saturated rings. The molecule has 0 aromatic heterocycles. The molecule has 0 aliphatic carbocycles. The van der Waals surface area contributed by atoms with Crippen LogP contribution in [-0.2, 0) is 26.2 Å². The van der Waals surface area contributed by atoms with Gasteiger partial charge in [-0.25, -0.2) is 8.42 Å². The van der Waals surface area contributed by atoms with Crippen LogP contribution in [0, 0.1) is 13.8 Å². The molecule has 1 N–H and O–H groups in total. The van der Waals surface area contributed by atoms with Gasteiger partial charge < -0.3 is 10.2 Å². The van der Waals surface area contributed by atoms with Crippen molar-refractivity contribution in [2.24, 2.45) is 0 Å². The maximum Gasteiger partial charge on any atom is 0.264 e. The number of nitrogens with one attached hydrogen (secondary N) is 1. The summed E-state index contributed by atoms with van der Waals surface area (Å²) in [5.41, 5.74) is 2.87. The summed E-state index contributed by atoms with van der Waals surface area (Å²) in [4.78, 5) is 27.7. The highest BCUT2D eigenvalue weighted by Gasteiger charge is 2.32. The lowest BCUT2D eigenvalue weighted by atomic mass is 10.1. The van der Waals surface area contributed by atoms with E-state index in [4.69, 9.17) is 11.6 Å². The molecule has 0 aliphatic rings. The van der Waals surface area contributed by atoms with Gasteiger partial charge in [-0.05, 0) is 56.2 Å². The van der Waals surface area contributed by atoms with Crippen molar-refractivity contribution in [3.05, 3.63) is 94.5 Å². The van der Waals surface area contributed by atoms with E-state index in [-0.39, 0.29) is 23.0 Å². The Morgan fingerprint density at radius 1 is 0.972 bits per heavy atom. The first-order chi connectivity index (χ1) is 17.0. The molecule has 0 unspecified atom stereocenters. The summed E-state index contributed by atoms with van der Waals surface area (Å²) in [7, 11) is -2.62. The molecule has 0 bridgehead atoms. The molecule has 36 heavy (non-hydrogen) atoms. The molecule has 3 aromatic carbocycles. The van der Waals surface area contributed by atoms with E-state index in [2.05, 4.69) is 5.32 Å². The van der Waals surface area contributed by atoms with Gasteiger partial charge in [0, 0.05) is 18.6 Å². The zero-order chi connectivity index (χ0) is 26.5. The van der Waals surface area contributed by atoms with E-state index in [9.17, 15) is 18.0 Å². The van der Waals surface area contributed by atoms with Crippen LogP contribution in [0.4, 0.5) is 5.69 Å². The van der Waals surface area contributed by atoms with Gasteiger partial charge in [0.05, 0.1) is 10.6 Å². The standard InChI is InChI=1S/C27H30ClN3O4S/c1-19-9-8-10-22(15-19)17-30(21(3)27(33)29-4)26(32)18-31(23-14-13-20(2)25(28)16-23)36(34,35)24-11-6-5-7-12-24/h5-16,21H,17-18H2,1-4H3,(H,29,33)/t21-/m0/s1. The number of rotatable bonds is 9. The minimum atomic E-state index is -4.12. The van der Waals surface area contributed by atoms with Crippen molar-refractivity contribution in [1.82, 2.24) is 10.2 Å². The van der Waals surface area contributed by atoms with Crippen molar-refractivity contribution in [3.63, 3.8) is 0 Å². The molecular weight excluding hydrogens is 498 g/mol. The van der Waals surface area contributed by atoms with Gasteiger partial charge >= 0.3 is 0 Å². The number of sulfonamides is 1. The Hall–Kier alpha value is -3.36. The number of amides is 2. The average Bonchev–Trinajstić information content (AvgIpc) is 2.87. The van der Waals surface area contributed by atoms with Crippen LogP contribution in [0.25, 0.3) is 0 Å². The quantitative estimate of drug-likeness (QED) is 0.449. The highest BCUT2D eigenvalue weighted by molar-refractivity contribution is 7.92. The molecule has 9 heteroatoms. The fourth-order valence-electron chi connectivity index (χ4n) is 3.78. The summed E-state index contributed by atoms with van der Waals surface area (Å²) in [6.45, 7) is 4.99. The minimum absolute atomic E-state index is 0.0408. The Labute approximate surface area is 217 Å². The largest absolute Gasteiger partial charge is 0.357 e. The first-order valence-electron chi connectivity index (χ1n) is 11.4. The van der Waals surface area contributed by atoms with Crippen LogP contribution in [0.1, 0.15) is 23.6 Å². The molecule has 0 spiro atoms. The Kier molecular flexibility index (Phi) is 8.76. The Bertz CT molecular complexity index is 1350. The van der Waals surface area contributed by atoms with Crippen LogP contribution >= 0.6 is 11.6 Å².